The fourth-order valence-corrected chi connectivity index (χ4v) is 7.59. The third-order valence-corrected chi connectivity index (χ3v) is 9.75. The molecule has 45 heavy (non-hydrogen) atoms. The van der Waals surface area contributed by atoms with Gasteiger partial charge in [-0.3, -0.25) is 4.90 Å². The van der Waals surface area contributed by atoms with Crippen LogP contribution in [0.4, 0.5) is 19.0 Å². The smallest absolute Gasteiger partial charge is 0.319 e. The SMILES string of the molecule is C#Cc1c(F)ccc2cc(O)cc(-c3nc4c5c(nc(OC[C@@]67CCCN6C[C@H](F)C7)nc5c3F)N(C)C3COCCC3O4)c12. The summed E-state index contributed by atoms with van der Waals surface area (Å²) in [6.07, 6.45) is 7.04. The Balaban J connectivity index is 1.34. The van der Waals surface area contributed by atoms with E-state index in [4.69, 9.17) is 25.6 Å². The minimum absolute atomic E-state index is 0.0683. The van der Waals surface area contributed by atoms with Crippen molar-refractivity contribution in [3.63, 3.8) is 0 Å². The van der Waals surface area contributed by atoms with Crippen molar-refractivity contribution in [1.82, 2.24) is 19.9 Å². The number of anilines is 1. The summed E-state index contributed by atoms with van der Waals surface area (Å²) < 4.78 is 64.7. The molecule has 2 aromatic carbocycles. The summed E-state index contributed by atoms with van der Waals surface area (Å²) in [7, 11) is 1.83. The van der Waals surface area contributed by atoms with Gasteiger partial charge in [-0.25, -0.2) is 18.2 Å². The van der Waals surface area contributed by atoms with Crippen LogP contribution in [0.15, 0.2) is 24.3 Å². The van der Waals surface area contributed by atoms with Gasteiger partial charge in [0.25, 0.3) is 0 Å². The first-order chi connectivity index (χ1) is 21.8. The average molecular weight is 618 g/mol. The van der Waals surface area contributed by atoms with E-state index in [1.807, 2.05) is 11.9 Å². The second kappa shape index (κ2) is 10.4. The molecule has 4 aromatic rings. The molecule has 0 aliphatic carbocycles. The predicted octanol–water partition coefficient (Wildman–Crippen LogP) is 4.75. The number of benzene rings is 2. The lowest BCUT2D eigenvalue weighted by Crippen LogP contribution is -2.50. The summed E-state index contributed by atoms with van der Waals surface area (Å²) in [6.45, 7) is 2.13. The Labute approximate surface area is 256 Å². The number of hydrogen-bond donors (Lipinski definition) is 1. The van der Waals surface area contributed by atoms with Crippen molar-refractivity contribution in [2.45, 2.75) is 49.5 Å². The number of pyridine rings is 1. The van der Waals surface area contributed by atoms with Gasteiger partial charge in [0.1, 0.15) is 52.9 Å². The summed E-state index contributed by atoms with van der Waals surface area (Å²) in [5.41, 5.74) is -0.809. The van der Waals surface area contributed by atoms with Gasteiger partial charge in [-0.05, 0) is 43.0 Å². The van der Waals surface area contributed by atoms with Crippen LogP contribution in [0, 0.1) is 24.0 Å². The highest BCUT2D eigenvalue weighted by Crippen LogP contribution is 2.45. The van der Waals surface area contributed by atoms with Gasteiger partial charge in [0.15, 0.2) is 5.82 Å². The Kier molecular flexibility index (Phi) is 6.48. The number of halogens is 3. The van der Waals surface area contributed by atoms with Crippen molar-refractivity contribution in [2.75, 3.05) is 44.9 Å². The number of likely N-dealkylation sites (N-methyl/N-ethyl adjacent to an activating group) is 1. The lowest BCUT2D eigenvalue weighted by atomic mass is 9.95. The Morgan fingerprint density at radius 1 is 1.20 bits per heavy atom. The second-order valence-electron chi connectivity index (χ2n) is 12.4. The third kappa shape index (κ3) is 4.35. The van der Waals surface area contributed by atoms with Gasteiger partial charge in [-0.2, -0.15) is 9.97 Å². The Hall–Kier alpha value is -4.34. The molecule has 4 atom stereocenters. The number of aromatic nitrogens is 3. The third-order valence-electron chi connectivity index (χ3n) is 9.75. The van der Waals surface area contributed by atoms with E-state index in [9.17, 15) is 13.9 Å². The van der Waals surface area contributed by atoms with Gasteiger partial charge in [0.2, 0.25) is 5.88 Å². The molecule has 12 heteroatoms. The largest absolute Gasteiger partial charge is 0.508 e. The number of terminal acetylenes is 1. The zero-order valence-electron chi connectivity index (χ0n) is 24.5. The molecule has 3 fully saturated rings. The standard InChI is InChI=1S/C33H30F3N5O4/c1-3-20-22(35)6-5-17-11-19(42)12-21(25(17)20)28-27(36)29-26-30(40(2)23-15-43-10-7-24(23)45-31(26)37-28)39-32(38-29)44-16-33-8-4-9-41(33)14-18(34)13-33/h1,5-6,11-12,18,23-24,42H,4,7-10,13-16H2,2H3/t18-,23?,24?,33+/m1/s1. The van der Waals surface area contributed by atoms with E-state index < -0.39 is 23.3 Å². The van der Waals surface area contributed by atoms with Crippen LogP contribution >= 0.6 is 0 Å². The number of rotatable bonds is 4. The van der Waals surface area contributed by atoms with Crippen LogP contribution in [0.1, 0.15) is 31.2 Å². The van der Waals surface area contributed by atoms with Crippen LogP contribution in [0.3, 0.4) is 0 Å². The minimum Gasteiger partial charge on any atom is -0.508 e. The first-order valence-electron chi connectivity index (χ1n) is 15.1. The molecule has 0 spiro atoms. The zero-order chi connectivity index (χ0) is 31.0. The number of fused-ring (bicyclic) bond motifs is 3. The monoisotopic (exact) mass is 617 g/mol. The molecule has 3 saturated heterocycles. The van der Waals surface area contributed by atoms with Crippen LogP contribution in [-0.2, 0) is 4.74 Å². The van der Waals surface area contributed by atoms with Crippen LogP contribution < -0.4 is 14.4 Å². The molecule has 0 amide bonds. The van der Waals surface area contributed by atoms with E-state index in [0.29, 0.717) is 43.8 Å². The van der Waals surface area contributed by atoms with Gasteiger partial charge in [0.05, 0.1) is 30.4 Å². The summed E-state index contributed by atoms with van der Waals surface area (Å²) in [4.78, 5) is 17.9. The number of alkyl halides is 1. The van der Waals surface area contributed by atoms with Gasteiger partial charge in [-0.1, -0.05) is 12.0 Å². The van der Waals surface area contributed by atoms with Crippen molar-refractivity contribution in [2.24, 2.45) is 0 Å². The lowest BCUT2D eigenvalue weighted by molar-refractivity contribution is 0.00734. The van der Waals surface area contributed by atoms with E-state index in [-0.39, 0.29) is 69.5 Å². The molecule has 2 unspecified atom stereocenters. The van der Waals surface area contributed by atoms with Crippen molar-refractivity contribution >= 4 is 27.5 Å². The van der Waals surface area contributed by atoms with Crippen LogP contribution in [0.25, 0.3) is 32.9 Å². The molecule has 0 bridgehead atoms. The Morgan fingerprint density at radius 3 is 2.91 bits per heavy atom. The normalized spacial score (nSPS) is 25.9. The van der Waals surface area contributed by atoms with Gasteiger partial charge in [0, 0.05) is 37.4 Å². The topological polar surface area (TPSA) is 93.1 Å². The highest BCUT2D eigenvalue weighted by molar-refractivity contribution is 6.04. The summed E-state index contributed by atoms with van der Waals surface area (Å²) in [5, 5.41) is 11.5. The minimum atomic E-state index is -0.939. The number of aromatic hydroxyl groups is 1. The quantitative estimate of drug-likeness (QED) is 0.326. The summed E-state index contributed by atoms with van der Waals surface area (Å²) >= 11 is 0. The number of hydrogen-bond acceptors (Lipinski definition) is 9. The Morgan fingerprint density at radius 2 is 2.07 bits per heavy atom. The van der Waals surface area contributed by atoms with E-state index in [1.54, 1.807) is 0 Å². The van der Waals surface area contributed by atoms with Gasteiger partial charge in [-0.15, -0.1) is 6.42 Å². The molecule has 8 rings (SSSR count). The van der Waals surface area contributed by atoms with Gasteiger partial charge < -0.3 is 24.2 Å². The second-order valence-corrected chi connectivity index (χ2v) is 12.4. The number of phenols is 1. The average Bonchev–Trinajstić information content (AvgIpc) is 3.52. The molecule has 9 nitrogen and oxygen atoms in total. The van der Waals surface area contributed by atoms with E-state index in [0.717, 1.165) is 19.4 Å². The fourth-order valence-electron chi connectivity index (χ4n) is 7.59. The van der Waals surface area contributed by atoms with Gasteiger partial charge >= 0.3 is 6.01 Å². The maximum Gasteiger partial charge on any atom is 0.319 e. The van der Waals surface area contributed by atoms with Crippen LogP contribution in [-0.4, -0.2) is 88.8 Å². The zero-order valence-corrected chi connectivity index (χ0v) is 24.5. The highest BCUT2D eigenvalue weighted by Gasteiger charge is 2.49. The number of ether oxygens (including phenoxy) is 3. The van der Waals surface area contributed by atoms with Crippen LogP contribution in [0.2, 0.25) is 0 Å². The highest BCUT2D eigenvalue weighted by atomic mass is 19.1. The molecule has 0 radical (unpaired) electrons. The number of phenolic OH excluding ortho intramolecular Hbond substituents is 1. The van der Waals surface area contributed by atoms with Crippen molar-refractivity contribution in [3.8, 4) is 41.2 Å². The summed E-state index contributed by atoms with van der Waals surface area (Å²) in [6, 6.07) is 5.05. The predicted molar refractivity (Wildman–Crippen MR) is 160 cm³/mol. The van der Waals surface area contributed by atoms with Crippen LogP contribution in [0.5, 0.6) is 17.6 Å². The van der Waals surface area contributed by atoms with E-state index in [2.05, 4.69) is 20.8 Å². The van der Waals surface area contributed by atoms with Crippen molar-refractivity contribution in [1.29, 1.82) is 0 Å². The lowest BCUT2D eigenvalue weighted by Gasteiger charge is -2.35. The Bertz CT molecular complexity index is 1920. The molecule has 0 saturated carbocycles. The molecular weight excluding hydrogens is 587 g/mol. The van der Waals surface area contributed by atoms with E-state index in [1.165, 1.54) is 24.3 Å². The van der Waals surface area contributed by atoms with Crippen molar-refractivity contribution < 1.29 is 32.5 Å². The number of nitrogens with zero attached hydrogens (tertiary/aromatic N) is 5. The molecule has 232 valence electrons. The first kappa shape index (κ1) is 28.2. The molecular formula is C33H30F3N5O4. The molecule has 2 aromatic heterocycles. The fraction of sp³-hybridized carbons (Fsp3) is 0.424. The van der Waals surface area contributed by atoms with E-state index >= 15 is 4.39 Å². The molecule has 4 aliphatic heterocycles. The van der Waals surface area contributed by atoms with Crippen molar-refractivity contribution in [3.05, 3.63) is 41.5 Å². The summed E-state index contributed by atoms with van der Waals surface area (Å²) in [5.74, 6) is 1.12. The molecule has 1 N–H and O–H groups in total. The maximum atomic E-state index is 16.9. The molecule has 6 heterocycles. The first-order valence-corrected chi connectivity index (χ1v) is 15.1. The maximum absolute atomic E-state index is 16.9. The molecule has 4 aliphatic rings.